The number of aromatic amines is 1. The van der Waals surface area contributed by atoms with E-state index < -0.39 is 86.5 Å². The van der Waals surface area contributed by atoms with Crippen LogP contribution in [0.15, 0.2) is 26.8 Å². The summed E-state index contributed by atoms with van der Waals surface area (Å²) in [6, 6.07) is 0. The van der Waals surface area contributed by atoms with Crippen LogP contribution in [0.1, 0.15) is 135 Å². The van der Waals surface area contributed by atoms with E-state index in [1.54, 1.807) is 4.98 Å². The number of hydrogen-bond acceptors (Lipinski definition) is 12. The second-order valence-electron chi connectivity index (χ2n) is 14.4. The van der Waals surface area contributed by atoms with Crippen LogP contribution >= 0.6 is 7.82 Å². The minimum absolute atomic E-state index is 0.200. The van der Waals surface area contributed by atoms with E-state index in [2.05, 4.69) is 17.2 Å². The van der Waals surface area contributed by atoms with Gasteiger partial charge in [0.15, 0.2) is 11.6 Å². The van der Waals surface area contributed by atoms with Crippen LogP contribution in [0.2, 0.25) is 0 Å². The summed E-state index contributed by atoms with van der Waals surface area (Å²) in [5, 5.41) is 23.1. The topological polar surface area (TPSA) is 216 Å². The van der Waals surface area contributed by atoms with E-state index in [1.165, 1.54) is 77.0 Å². The lowest BCUT2D eigenvalue weighted by Gasteiger charge is -2.21. The molecule has 0 bridgehead atoms. The molecule has 4 heterocycles. The second-order valence-corrected chi connectivity index (χ2v) is 15.8. The van der Waals surface area contributed by atoms with Gasteiger partial charge in [-0.1, -0.05) is 103 Å². The molecular weight excluding hydrogens is 747 g/mol. The van der Waals surface area contributed by atoms with Crippen LogP contribution in [-0.4, -0.2) is 78.4 Å². The number of nitrogens with one attached hydrogen (secondary N) is 2. The highest BCUT2D eigenvalue weighted by Gasteiger charge is 2.43. The van der Waals surface area contributed by atoms with Crippen LogP contribution in [0.25, 0.3) is 0 Å². The summed E-state index contributed by atoms with van der Waals surface area (Å²) in [7, 11) is -4.92. The molecule has 0 spiro atoms. The molecule has 0 amide bonds. The lowest BCUT2D eigenvalue weighted by atomic mass is 10.0. The summed E-state index contributed by atoms with van der Waals surface area (Å²) >= 11 is 0. The Balaban J connectivity index is 1.14. The maximum atomic E-state index is 15.0. The Morgan fingerprint density at radius 3 is 2.00 bits per heavy atom. The largest absolute Gasteiger partial charge is 0.472 e. The number of nitrogens with zero attached hydrogens (tertiary/aromatic N) is 3. The first-order valence-electron chi connectivity index (χ1n) is 19.7. The van der Waals surface area contributed by atoms with Crippen LogP contribution in [-0.2, 0) is 23.1 Å². The lowest BCUT2D eigenvalue weighted by Crippen LogP contribution is -2.34. The maximum Gasteiger partial charge on any atom is 0.472 e. The highest BCUT2D eigenvalue weighted by atomic mass is 31.2. The number of ether oxygens (including phenoxy) is 2. The van der Waals surface area contributed by atoms with Crippen molar-refractivity contribution < 1.29 is 47.0 Å². The van der Waals surface area contributed by atoms with Crippen molar-refractivity contribution in [2.24, 2.45) is 0 Å². The van der Waals surface area contributed by atoms with Crippen molar-refractivity contribution in [3.63, 3.8) is 0 Å². The van der Waals surface area contributed by atoms with E-state index in [9.17, 15) is 38.4 Å². The number of phosphoric ester groups is 1. The highest BCUT2D eigenvalue weighted by Crippen LogP contribution is 2.49. The van der Waals surface area contributed by atoms with E-state index in [4.69, 9.17) is 18.5 Å². The minimum Gasteiger partial charge on any atom is -0.394 e. The Hall–Kier alpha value is -2.83. The normalized spacial score (nSPS) is 23.7. The third-order valence-electron chi connectivity index (χ3n) is 10.0. The van der Waals surface area contributed by atoms with E-state index in [0.717, 1.165) is 41.0 Å². The molecule has 7 unspecified atom stereocenters. The summed E-state index contributed by atoms with van der Waals surface area (Å²) in [4.78, 5) is 52.2. The first-order valence-corrected chi connectivity index (χ1v) is 21.2. The number of aliphatic hydroxyl groups is 2. The number of rotatable bonds is 26. The quantitative estimate of drug-likeness (QED) is 0.0613. The Labute approximate surface area is 319 Å². The predicted octanol–water partition coefficient (Wildman–Crippen LogP) is 5.18. The van der Waals surface area contributed by atoms with Crippen molar-refractivity contribution in [1.29, 1.82) is 0 Å². The molecule has 4 rings (SSSR count). The number of aromatic nitrogens is 4. The summed E-state index contributed by atoms with van der Waals surface area (Å²) in [5.74, 6) is -2.26. The van der Waals surface area contributed by atoms with E-state index in [-0.39, 0.29) is 18.7 Å². The molecule has 2 fully saturated rings. The van der Waals surface area contributed by atoms with Crippen molar-refractivity contribution in [2.75, 3.05) is 25.1 Å². The third-order valence-corrected chi connectivity index (χ3v) is 11.0. The second kappa shape index (κ2) is 22.8. The first-order chi connectivity index (χ1) is 26.4. The molecule has 2 aromatic rings. The van der Waals surface area contributed by atoms with E-state index in [1.807, 2.05) is 0 Å². The van der Waals surface area contributed by atoms with Crippen molar-refractivity contribution in [2.45, 2.75) is 159 Å². The van der Waals surface area contributed by atoms with Crippen LogP contribution in [0.5, 0.6) is 0 Å². The van der Waals surface area contributed by atoms with Crippen molar-refractivity contribution in [3.05, 3.63) is 55.4 Å². The number of anilines is 1. The molecule has 16 nitrogen and oxygen atoms in total. The molecule has 5 N–H and O–H groups in total. The molecule has 55 heavy (non-hydrogen) atoms. The standard InChI is InChI=1S/C36H58F2N5O11P/c1-2-3-4-5-6-7-8-9-10-11-12-13-14-15-16-17-18-39-33-25(37)21-42(35(47)40-33)32-20-28(29(23-44)52-32)54-55(49,50)51-24-30-27(45)19-31(53-30)43-22-26(38)34(46)41-36(43)48/h21-22,27-32,44-45H,2-20,23-24H2,1H3,(H,49,50)(H,39,40,47)(H,41,46,48). The zero-order valence-corrected chi connectivity index (χ0v) is 32.5. The zero-order valence-electron chi connectivity index (χ0n) is 31.6. The average molecular weight is 806 g/mol. The van der Waals surface area contributed by atoms with Crippen molar-refractivity contribution in [1.82, 2.24) is 19.1 Å². The van der Waals surface area contributed by atoms with Gasteiger partial charge in [-0.2, -0.15) is 9.37 Å². The number of halogens is 2. The Morgan fingerprint density at radius 1 is 0.855 bits per heavy atom. The molecule has 2 aromatic heterocycles. The first kappa shape index (κ1) is 44.9. The van der Waals surface area contributed by atoms with Gasteiger partial charge in [0.2, 0.25) is 5.82 Å². The van der Waals surface area contributed by atoms with Gasteiger partial charge in [0.1, 0.15) is 30.8 Å². The SMILES string of the molecule is CCCCCCCCCCCCCCCCCCNc1nc(=O)n(C2CC(OP(=O)(O)OCC3OC(n4cc(F)c(=O)[nH]c4=O)CC3O)C(CO)O2)cc1F. The van der Waals surface area contributed by atoms with Gasteiger partial charge in [0.05, 0.1) is 31.7 Å². The van der Waals surface area contributed by atoms with Crippen LogP contribution < -0.4 is 22.3 Å². The van der Waals surface area contributed by atoms with Gasteiger partial charge in [-0.05, 0) is 6.42 Å². The minimum atomic E-state index is -4.92. The van der Waals surface area contributed by atoms with Gasteiger partial charge in [0.25, 0.3) is 5.56 Å². The molecule has 0 radical (unpaired) electrons. The van der Waals surface area contributed by atoms with Gasteiger partial charge in [-0.3, -0.25) is 28.0 Å². The van der Waals surface area contributed by atoms with Crippen LogP contribution in [0.3, 0.4) is 0 Å². The van der Waals surface area contributed by atoms with Gasteiger partial charge < -0.3 is 29.9 Å². The molecule has 0 aliphatic carbocycles. The van der Waals surface area contributed by atoms with E-state index >= 15 is 4.39 Å². The zero-order chi connectivity index (χ0) is 39.8. The Bertz CT molecular complexity index is 1690. The van der Waals surface area contributed by atoms with Gasteiger partial charge in [-0.15, -0.1) is 0 Å². The fourth-order valence-electron chi connectivity index (χ4n) is 6.88. The Morgan fingerprint density at radius 2 is 1.40 bits per heavy atom. The van der Waals surface area contributed by atoms with Gasteiger partial charge in [0, 0.05) is 19.4 Å². The summed E-state index contributed by atoms with van der Waals surface area (Å²) < 4.78 is 64.5. The van der Waals surface area contributed by atoms with Crippen LogP contribution in [0.4, 0.5) is 14.6 Å². The van der Waals surface area contributed by atoms with Gasteiger partial charge in [-0.25, -0.2) is 18.5 Å². The molecular formula is C36H58F2N5O11P. The molecule has 7 atom stereocenters. The average Bonchev–Trinajstić information content (AvgIpc) is 3.73. The molecule has 19 heteroatoms. The van der Waals surface area contributed by atoms with Crippen molar-refractivity contribution in [3.8, 4) is 0 Å². The fraction of sp³-hybridized carbons (Fsp3) is 0.778. The maximum absolute atomic E-state index is 15.0. The lowest BCUT2D eigenvalue weighted by molar-refractivity contribution is -0.0577. The highest BCUT2D eigenvalue weighted by molar-refractivity contribution is 7.47. The van der Waals surface area contributed by atoms with E-state index in [0.29, 0.717) is 12.7 Å². The third kappa shape index (κ3) is 14.3. The Kier molecular flexibility index (Phi) is 18.6. The molecule has 312 valence electrons. The molecule has 0 saturated carbocycles. The summed E-state index contributed by atoms with van der Waals surface area (Å²) in [6.45, 7) is 1.30. The summed E-state index contributed by atoms with van der Waals surface area (Å²) in [6.07, 6.45) is 13.4. The fourth-order valence-corrected chi connectivity index (χ4v) is 7.84. The molecule has 2 aliphatic heterocycles. The predicted molar refractivity (Wildman–Crippen MR) is 199 cm³/mol. The number of phosphoric acid groups is 1. The number of H-pyrrole nitrogens is 1. The molecule has 2 saturated heterocycles. The number of aliphatic hydroxyl groups excluding tert-OH is 2. The molecule has 0 aromatic carbocycles. The van der Waals surface area contributed by atoms with Crippen LogP contribution in [0, 0.1) is 11.6 Å². The number of unbranched alkanes of at least 4 members (excludes halogenated alkanes) is 15. The number of hydrogen-bond donors (Lipinski definition) is 5. The summed E-state index contributed by atoms with van der Waals surface area (Å²) in [5.41, 5.74) is -3.06. The molecule has 2 aliphatic rings. The monoisotopic (exact) mass is 805 g/mol. The smallest absolute Gasteiger partial charge is 0.394 e. The van der Waals surface area contributed by atoms with Gasteiger partial charge >= 0.3 is 19.2 Å². The van der Waals surface area contributed by atoms with Crippen molar-refractivity contribution >= 4 is 13.6 Å².